The van der Waals surface area contributed by atoms with Crippen LogP contribution < -0.4 is 0 Å². The summed E-state index contributed by atoms with van der Waals surface area (Å²) in [5, 5.41) is 10.2. The first-order valence-corrected chi connectivity index (χ1v) is 3.25. The number of nitrogens with zero attached hydrogens (tertiary/aromatic N) is 2. The maximum absolute atomic E-state index is 9.00. The zero-order chi connectivity index (χ0) is 6.85. The second-order valence-electron chi connectivity index (χ2n) is 2.32. The lowest BCUT2D eigenvalue weighted by molar-refractivity contribution is -0.00875. The van der Waals surface area contributed by atoms with Crippen molar-refractivity contribution in [1.82, 2.24) is 5.06 Å². The number of rotatable bonds is 1. The van der Waals surface area contributed by atoms with E-state index in [1.165, 1.54) is 5.06 Å². The maximum atomic E-state index is 9.00. The molecule has 0 bridgehead atoms. The molecule has 0 saturated carbocycles. The molecule has 0 radical (unpaired) electrons. The van der Waals surface area contributed by atoms with E-state index in [-0.39, 0.29) is 0 Å². The van der Waals surface area contributed by atoms with Crippen LogP contribution >= 0.6 is 0 Å². The number of aliphatic imine (C=N–C) groups is 1. The largest absolute Gasteiger partial charge is 0.287 e. The van der Waals surface area contributed by atoms with Crippen LogP contribution in [-0.4, -0.2) is 28.7 Å². The predicted octanol–water partition coefficient (Wildman–Crippen LogP) is 0.888. The smallest absolute Gasteiger partial charge is 0.120 e. The third-order valence-corrected chi connectivity index (χ3v) is 1.60. The summed E-state index contributed by atoms with van der Waals surface area (Å²) in [5.74, 6) is 0.738. The molecule has 0 amide bonds. The van der Waals surface area contributed by atoms with E-state index in [9.17, 15) is 0 Å². The highest BCUT2D eigenvalue weighted by Gasteiger charge is 2.18. The predicted molar refractivity (Wildman–Crippen MR) is 35.7 cm³/mol. The Morgan fingerprint density at radius 2 is 2.56 bits per heavy atom. The molecule has 0 saturated heterocycles. The topological polar surface area (TPSA) is 35.8 Å². The van der Waals surface area contributed by atoms with Crippen LogP contribution in [-0.2, 0) is 0 Å². The fourth-order valence-corrected chi connectivity index (χ4v) is 0.924. The summed E-state index contributed by atoms with van der Waals surface area (Å²) in [6.07, 6.45) is 1.01. The summed E-state index contributed by atoms with van der Waals surface area (Å²) in [5.41, 5.74) is 0. The van der Waals surface area contributed by atoms with Gasteiger partial charge in [-0.2, -0.15) is 0 Å². The SMILES string of the molecule is CCC1CN(O)C(C)=N1. The first kappa shape index (κ1) is 6.55. The van der Waals surface area contributed by atoms with E-state index in [0.717, 1.165) is 12.3 Å². The minimum Gasteiger partial charge on any atom is -0.287 e. The molecule has 1 rings (SSSR count). The van der Waals surface area contributed by atoms with Crippen molar-refractivity contribution in [2.75, 3.05) is 6.54 Å². The van der Waals surface area contributed by atoms with Crippen LogP contribution in [0, 0.1) is 0 Å². The van der Waals surface area contributed by atoms with Gasteiger partial charge in [-0.05, 0) is 13.3 Å². The molecule has 1 heterocycles. The second-order valence-corrected chi connectivity index (χ2v) is 2.32. The molecule has 0 spiro atoms. The van der Waals surface area contributed by atoms with Crippen molar-refractivity contribution in [3.05, 3.63) is 0 Å². The molecule has 1 aliphatic heterocycles. The number of hydrogen-bond donors (Lipinski definition) is 1. The van der Waals surface area contributed by atoms with Gasteiger partial charge in [-0.1, -0.05) is 6.92 Å². The molecule has 0 fully saturated rings. The molecule has 1 atom stereocenters. The molecule has 3 heteroatoms. The molecule has 3 nitrogen and oxygen atoms in total. The molecule has 1 N–H and O–H groups in total. The first-order chi connectivity index (χ1) is 4.24. The fourth-order valence-electron chi connectivity index (χ4n) is 0.924. The van der Waals surface area contributed by atoms with Crippen LogP contribution in [0.25, 0.3) is 0 Å². The normalized spacial score (nSPS) is 26.8. The van der Waals surface area contributed by atoms with Gasteiger partial charge >= 0.3 is 0 Å². The zero-order valence-corrected chi connectivity index (χ0v) is 5.83. The van der Waals surface area contributed by atoms with E-state index in [4.69, 9.17) is 5.21 Å². The van der Waals surface area contributed by atoms with Gasteiger partial charge < -0.3 is 0 Å². The molecular formula is C6H12N2O. The third-order valence-electron chi connectivity index (χ3n) is 1.60. The van der Waals surface area contributed by atoms with E-state index in [1.807, 2.05) is 6.92 Å². The van der Waals surface area contributed by atoms with Crippen molar-refractivity contribution in [2.45, 2.75) is 26.3 Å². The Kier molecular flexibility index (Phi) is 1.71. The van der Waals surface area contributed by atoms with E-state index < -0.39 is 0 Å². The van der Waals surface area contributed by atoms with Gasteiger partial charge in [0.2, 0.25) is 0 Å². The standard InChI is InChI=1S/C6H12N2O/c1-3-6-4-8(9)5(2)7-6/h6,9H,3-4H2,1-2H3. The highest BCUT2D eigenvalue weighted by Crippen LogP contribution is 2.08. The summed E-state index contributed by atoms with van der Waals surface area (Å²) in [6.45, 7) is 4.55. The van der Waals surface area contributed by atoms with Crippen molar-refractivity contribution in [2.24, 2.45) is 4.99 Å². The highest BCUT2D eigenvalue weighted by atomic mass is 16.5. The van der Waals surface area contributed by atoms with Crippen molar-refractivity contribution < 1.29 is 5.21 Å². The van der Waals surface area contributed by atoms with Gasteiger partial charge in [0.05, 0.1) is 12.6 Å². The maximum Gasteiger partial charge on any atom is 0.120 e. The molecular weight excluding hydrogens is 116 g/mol. The van der Waals surface area contributed by atoms with Crippen LogP contribution in [0.15, 0.2) is 4.99 Å². The third kappa shape index (κ3) is 1.21. The molecule has 0 aliphatic carbocycles. The van der Waals surface area contributed by atoms with Crippen LogP contribution in [0.1, 0.15) is 20.3 Å². The lowest BCUT2D eigenvalue weighted by atomic mass is 10.2. The molecule has 1 aliphatic rings. The van der Waals surface area contributed by atoms with Crippen molar-refractivity contribution in [3.63, 3.8) is 0 Å². The lowest BCUT2D eigenvalue weighted by Crippen LogP contribution is -2.23. The Bertz CT molecular complexity index is 133. The van der Waals surface area contributed by atoms with E-state index in [1.54, 1.807) is 0 Å². The molecule has 1 unspecified atom stereocenters. The van der Waals surface area contributed by atoms with Crippen LogP contribution in [0.3, 0.4) is 0 Å². The molecule has 9 heavy (non-hydrogen) atoms. The van der Waals surface area contributed by atoms with E-state index >= 15 is 0 Å². The Balaban J connectivity index is 2.52. The summed E-state index contributed by atoms with van der Waals surface area (Å²) in [7, 11) is 0. The minimum absolute atomic E-state index is 0.315. The quantitative estimate of drug-likeness (QED) is 0.569. The summed E-state index contributed by atoms with van der Waals surface area (Å²) in [4.78, 5) is 4.18. The summed E-state index contributed by atoms with van der Waals surface area (Å²) >= 11 is 0. The van der Waals surface area contributed by atoms with Crippen molar-refractivity contribution in [3.8, 4) is 0 Å². The number of hydrogen-bond acceptors (Lipinski definition) is 3. The van der Waals surface area contributed by atoms with Gasteiger partial charge in [0.15, 0.2) is 0 Å². The van der Waals surface area contributed by atoms with Gasteiger partial charge in [-0.25, -0.2) is 5.06 Å². The fraction of sp³-hybridized carbons (Fsp3) is 0.833. The lowest BCUT2D eigenvalue weighted by Gasteiger charge is -2.07. The zero-order valence-electron chi connectivity index (χ0n) is 5.83. The van der Waals surface area contributed by atoms with Crippen LogP contribution in [0.5, 0.6) is 0 Å². The Labute approximate surface area is 55.0 Å². The Morgan fingerprint density at radius 1 is 1.89 bits per heavy atom. The molecule has 0 aromatic heterocycles. The van der Waals surface area contributed by atoms with Gasteiger partial charge in [-0.15, -0.1) is 0 Å². The average molecular weight is 128 g/mol. The Hall–Kier alpha value is -0.570. The second kappa shape index (κ2) is 2.35. The van der Waals surface area contributed by atoms with Crippen molar-refractivity contribution in [1.29, 1.82) is 0 Å². The van der Waals surface area contributed by atoms with Crippen LogP contribution in [0.4, 0.5) is 0 Å². The van der Waals surface area contributed by atoms with Gasteiger partial charge in [0.25, 0.3) is 0 Å². The Morgan fingerprint density at radius 3 is 2.78 bits per heavy atom. The van der Waals surface area contributed by atoms with Gasteiger partial charge in [0, 0.05) is 0 Å². The summed E-state index contributed by atoms with van der Waals surface area (Å²) in [6, 6.07) is 0.315. The monoisotopic (exact) mass is 128 g/mol. The molecule has 0 aromatic rings. The van der Waals surface area contributed by atoms with Crippen molar-refractivity contribution >= 4 is 5.84 Å². The number of hydroxylamine groups is 2. The van der Waals surface area contributed by atoms with Crippen LogP contribution in [0.2, 0.25) is 0 Å². The van der Waals surface area contributed by atoms with E-state index in [2.05, 4.69) is 11.9 Å². The highest BCUT2D eigenvalue weighted by molar-refractivity contribution is 5.80. The number of amidine groups is 1. The molecule has 0 aromatic carbocycles. The first-order valence-electron chi connectivity index (χ1n) is 3.25. The average Bonchev–Trinajstić information content (AvgIpc) is 2.13. The van der Waals surface area contributed by atoms with Gasteiger partial charge in [0.1, 0.15) is 5.84 Å². The summed E-state index contributed by atoms with van der Waals surface area (Å²) < 4.78 is 0. The molecule has 52 valence electrons. The van der Waals surface area contributed by atoms with Gasteiger partial charge in [-0.3, -0.25) is 10.2 Å². The van der Waals surface area contributed by atoms with E-state index in [0.29, 0.717) is 12.6 Å². The minimum atomic E-state index is 0.315.